The van der Waals surface area contributed by atoms with E-state index in [0.29, 0.717) is 12.0 Å². The third kappa shape index (κ3) is 10.5. The summed E-state index contributed by atoms with van der Waals surface area (Å²) in [6, 6.07) is 4.83. The normalized spacial score (nSPS) is 11.1. The molecule has 1 aromatic carbocycles. The Kier molecular flexibility index (Phi) is 8.83. The number of hydrogen-bond acceptors (Lipinski definition) is 6. The average Bonchev–Trinajstić information content (AvgIpc) is 2.61. The van der Waals surface area contributed by atoms with Crippen LogP contribution in [-0.4, -0.2) is 44.5 Å². The maximum absolute atomic E-state index is 12.0. The zero-order valence-corrected chi connectivity index (χ0v) is 14.4. The quantitative estimate of drug-likeness (QED) is 0.396. The summed E-state index contributed by atoms with van der Waals surface area (Å²) in [7, 11) is 1.26. The highest BCUT2D eigenvalue weighted by Gasteiger charge is 2.30. The van der Waals surface area contributed by atoms with Gasteiger partial charge in [0.15, 0.2) is 6.61 Å². The van der Waals surface area contributed by atoms with Gasteiger partial charge in [-0.05, 0) is 30.2 Å². The maximum Gasteiger partial charge on any atom is 0.573 e. The summed E-state index contributed by atoms with van der Waals surface area (Å²) < 4.78 is 49.0. The number of ether oxygens (including phenoxy) is 3. The van der Waals surface area contributed by atoms with Gasteiger partial charge in [0.25, 0.3) is 5.91 Å². The standard InChI is InChI=1S/C17H18F3NO6/c1-25-15(23)3-2-10-21-14(22)11-26-16(24)9-6-12-4-7-13(8-5-12)27-17(18,19)20/h4-9H,2-3,10-11H2,1H3,(H,21,22)/b9-6+. The number of methoxy groups -OCH3 is 1. The van der Waals surface area contributed by atoms with Crippen LogP contribution >= 0.6 is 0 Å². The van der Waals surface area contributed by atoms with E-state index >= 15 is 0 Å². The van der Waals surface area contributed by atoms with Crippen molar-refractivity contribution in [2.75, 3.05) is 20.3 Å². The summed E-state index contributed by atoms with van der Waals surface area (Å²) in [6.45, 7) is -0.270. The van der Waals surface area contributed by atoms with Crippen LogP contribution in [0.2, 0.25) is 0 Å². The summed E-state index contributed by atoms with van der Waals surface area (Å²) in [4.78, 5) is 33.8. The van der Waals surface area contributed by atoms with Crippen molar-refractivity contribution in [1.29, 1.82) is 0 Å². The summed E-state index contributed by atoms with van der Waals surface area (Å²) in [5.41, 5.74) is 0.439. The number of rotatable bonds is 9. The second kappa shape index (κ2) is 10.8. The predicted molar refractivity (Wildman–Crippen MR) is 87.4 cm³/mol. The van der Waals surface area contributed by atoms with Gasteiger partial charge in [0, 0.05) is 19.0 Å². The van der Waals surface area contributed by atoms with Crippen LogP contribution in [0.1, 0.15) is 18.4 Å². The molecule has 1 amide bonds. The molecule has 0 spiro atoms. The molecule has 7 nitrogen and oxygen atoms in total. The fourth-order valence-electron chi connectivity index (χ4n) is 1.74. The Labute approximate surface area is 153 Å². The second-order valence-electron chi connectivity index (χ2n) is 5.09. The van der Waals surface area contributed by atoms with E-state index in [1.54, 1.807) is 0 Å². The Balaban J connectivity index is 2.31. The monoisotopic (exact) mass is 389 g/mol. The Bertz CT molecular complexity index is 670. The molecule has 0 atom stereocenters. The van der Waals surface area contributed by atoms with E-state index in [0.717, 1.165) is 18.2 Å². The number of esters is 2. The molecule has 0 bridgehead atoms. The van der Waals surface area contributed by atoms with Crippen LogP contribution in [0.3, 0.4) is 0 Å². The molecule has 0 saturated heterocycles. The molecule has 0 aliphatic rings. The van der Waals surface area contributed by atoms with Gasteiger partial charge >= 0.3 is 18.3 Å². The van der Waals surface area contributed by atoms with Gasteiger partial charge in [0.1, 0.15) is 5.75 Å². The van der Waals surface area contributed by atoms with Crippen LogP contribution in [-0.2, 0) is 23.9 Å². The average molecular weight is 389 g/mol. The first-order chi connectivity index (χ1) is 12.7. The molecule has 0 unspecified atom stereocenters. The molecule has 0 aliphatic carbocycles. The van der Waals surface area contributed by atoms with Crippen LogP contribution in [0, 0.1) is 0 Å². The Morgan fingerprint density at radius 2 is 1.81 bits per heavy atom. The number of amides is 1. The lowest BCUT2D eigenvalue weighted by atomic mass is 10.2. The van der Waals surface area contributed by atoms with Gasteiger partial charge in [0.2, 0.25) is 0 Å². The predicted octanol–water partition coefficient (Wildman–Crippen LogP) is 2.21. The molecular weight excluding hydrogens is 371 g/mol. The van der Waals surface area contributed by atoms with Crippen LogP contribution < -0.4 is 10.1 Å². The van der Waals surface area contributed by atoms with Crippen molar-refractivity contribution >= 4 is 23.9 Å². The molecule has 1 aromatic rings. The smallest absolute Gasteiger partial charge is 0.469 e. The number of carbonyl (C=O) groups excluding carboxylic acids is 3. The first-order valence-electron chi connectivity index (χ1n) is 7.74. The topological polar surface area (TPSA) is 90.9 Å². The SMILES string of the molecule is COC(=O)CCCNC(=O)COC(=O)/C=C/c1ccc(OC(F)(F)F)cc1. The third-order valence-corrected chi connectivity index (χ3v) is 2.98. The number of nitrogens with one attached hydrogen (secondary N) is 1. The van der Waals surface area contributed by atoms with Gasteiger partial charge in [-0.25, -0.2) is 4.79 Å². The maximum atomic E-state index is 12.0. The molecule has 0 fully saturated rings. The summed E-state index contributed by atoms with van der Waals surface area (Å²) in [6.07, 6.45) is -1.88. The van der Waals surface area contributed by atoms with Gasteiger partial charge in [-0.15, -0.1) is 13.2 Å². The molecule has 148 valence electrons. The van der Waals surface area contributed by atoms with E-state index in [1.807, 2.05) is 0 Å². The first kappa shape index (κ1) is 22.0. The largest absolute Gasteiger partial charge is 0.573 e. The fraction of sp³-hybridized carbons (Fsp3) is 0.353. The minimum atomic E-state index is -4.78. The minimum absolute atomic E-state index is 0.159. The third-order valence-electron chi connectivity index (χ3n) is 2.98. The van der Waals surface area contributed by atoms with Crippen molar-refractivity contribution in [3.63, 3.8) is 0 Å². The number of alkyl halides is 3. The van der Waals surface area contributed by atoms with E-state index in [-0.39, 0.29) is 24.7 Å². The number of carbonyl (C=O) groups is 3. The number of halogens is 3. The van der Waals surface area contributed by atoms with Crippen molar-refractivity contribution in [3.05, 3.63) is 35.9 Å². The van der Waals surface area contributed by atoms with Gasteiger partial charge in [0.05, 0.1) is 7.11 Å². The fourth-order valence-corrected chi connectivity index (χ4v) is 1.74. The lowest BCUT2D eigenvalue weighted by molar-refractivity contribution is -0.274. The van der Waals surface area contributed by atoms with E-state index in [2.05, 4.69) is 14.8 Å². The van der Waals surface area contributed by atoms with Crippen LogP contribution in [0.5, 0.6) is 5.75 Å². The van der Waals surface area contributed by atoms with Gasteiger partial charge in [-0.1, -0.05) is 12.1 Å². The van der Waals surface area contributed by atoms with Gasteiger partial charge in [-0.3, -0.25) is 9.59 Å². The molecule has 0 radical (unpaired) electrons. The highest BCUT2D eigenvalue weighted by molar-refractivity contribution is 5.89. The summed E-state index contributed by atoms with van der Waals surface area (Å²) >= 11 is 0. The molecule has 27 heavy (non-hydrogen) atoms. The zero-order valence-electron chi connectivity index (χ0n) is 14.4. The summed E-state index contributed by atoms with van der Waals surface area (Å²) in [5.74, 6) is -2.10. The van der Waals surface area contributed by atoms with Gasteiger partial charge in [-0.2, -0.15) is 0 Å². The lowest BCUT2D eigenvalue weighted by Crippen LogP contribution is -2.29. The van der Waals surface area contributed by atoms with E-state index in [9.17, 15) is 27.6 Å². The Morgan fingerprint density at radius 1 is 1.15 bits per heavy atom. The first-order valence-corrected chi connectivity index (χ1v) is 7.74. The van der Waals surface area contributed by atoms with Crippen LogP contribution in [0.4, 0.5) is 13.2 Å². The summed E-state index contributed by atoms with van der Waals surface area (Å²) in [5, 5.41) is 2.46. The molecule has 10 heteroatoms. The van der Waals surface area contributed by atoms with E-state index < -0.39 is 24.8 Å². The van der Waals surface area contributed by atoms with E-state index in [4.69, 9.17) is 4.74 Å². The highest BCUT2D eigenvalue weighted by Crippen LogP contribution is 2.22. The molecular formula is C17H18F3NO6. The highest BCUT2D eigenvalue weighted by atomic mass is 19.4. The number of benzene rings is 1. The molecule has 0 aliphatic heterocycles. The lowest BCUT2D eigenvalue weighted by Gasteiger charge is -2.08. The Morgan fingerprint density at radius 3 is 2.41 bits per heavy atom. The number of hydrogen-bond donors (Lipinski definition) is 1. The molecule has 0 aromatic heterocycles. The molecule has 0 saturated carbocycles. The second-order valence-corrected chi connectivity index (χ2v) is 5.09. The molecule has 1 N–H and O–H groups in total. The Hall–Kier alpha value is -3.04. The van der Waals surface area contributed by atoms with Crippen molar-refractivity contribution < 1.29 is 41.8 Å². The van der Waals surface area contributed by atoms with Gasteiger partial charge < -0.3 is 19.5 Å². The van der Waals surface area contributed by atoms with Crippen LogP contribution in [0.15, 0.2) is 30.3 Å². The van der Waals surface area contributed by atoms with Crippen molar-refractivity contribution in [2.24, 2.45) is 0 Å². The van der Waals surface area contributed by atoms with E-state index in [1.165, 1.54) is 25.3 Å². The molecule has 1 rings (SSSR count). The van der Waals surface area contributed by atoms with Crippen molar-refractivity contribution in [2.45, 2.75) is 19.2 Å². The van der Waals surface area contributed by atoms with Crippen LogP contribution in [0.25, 0.3) is 6.08 Å². The van der Waals surface area contributed by atoms with Crippen molar-refractivity contribution in [3.8, 4) is 5.75 Å². The molecule has 0 heterocycles. The zero-order chi connectivity index (χ0) is 20.3. The minimum Gasteiger partial charge on any atom is -0.469 e. The van der Waals surface area contributed by atoms with Crippen molar-refractivity contribution in [1.82, 2.24) is 5.32 Å².